The zero-order valence-corrected chi connectivity index (χ0v) is 14.3. The number of thioether (sulfide) groups is 1. The van der Waals surface area contributed by atoms with Crippen LogP contribution in [0.2, 0.25) is 5.02 Å². The van der Waals surface area contributed by atoms with Crippen molar-refractivity contribution in [3.63, 3.8) is 0 Å². The molecule has 1 heterocycles. The molecule has 1 aromatic carbocycles. The number of para-hydroxylation sites is 1. The Morgan fingerprint density at radius 2 is 1.90 bits per heavy atom. The Morgan fingerprint density at radius 3 is 2.48 bits per heavy atom. The average Bonchev–Trinajstić information content (AvgIpc) is 2.39. The summed E-state index contributed by atoms with van der Waals surface area (Å²) in [7, 11) is 0. The summed E-state index contributed by atoms with van der Waals surface area (Å²) in [5, 5.41) is 1.37. The molecule has 6 heteroatoms. The van der Waals surface area contributed by atoms with Gasteiger partial charge >= 0.3 is 6.03 Å². The second-order valence-corrected chi connectivity index (χ2v) is 6.72. The number of carbonyl (C=O) groups excluding carboxylic acids is 1. The summed E-state index contributed by atoms with van der Waals surface area (Å²) in [5.41, 5.74) is 0.742. The van der Waals surface area contributed by atoms with E-state index < -0.39 is 0 Å². The molecule has 2 amide bonds. The van der Waals surface area contributed by atoms with E-state index in [1.54, 1.807) is 27.6 Å². The van der Waals surface area contributed by atoms with Crippen molar-refractivity contribution >= 4 is 40.2 Å². The molecule has 0 aromatic heterocycles. The van der Waals surface area contributed by atoms with Crippen molar-refractivity contribution in [1.82, 2.24) is 4.90 Å². The summed E-state index contributed by atoms with van der Waals surface area (Å²) < 4.78 is 0. The highest BCUT2D eigenvalue weighted by molar-refractivity contribution is 8.14. The molecule has 0 saturated carbocycles. The number of carbonyl (C=O) groups is 1. The highest BCUT2D eigenvalue weighted by atomic mass is 35.5. The van der Waals surface area contributed by atoms with Crippen molar-refractivity contribution in [2.45, 2.75) is 39.8 Å². The molecule has 0 aliphatic carbocycles. The predicted octanol–water partition coefficient (Wildman–Crippen LogP) is 4.45. The number of hydrogen-bond acceptors (Lipinski definition) is 3. The third kappa shape index (κ3) is 3.52. The minimum absolute atomic E-state index is 0.0489. The van der Waals surface area contributed by atoms with Gasteiger partial charge in [0.15, 0.2) is 5.17 Å². The van der Waals surface area contributed by atoms with Gasteiger partial charge in [-0.15, -0.1) is 0 Å². The predicted molar refractivity (Wildman–Crippen MR) is 91.3 cm³/mol. The van der Waals surface area contributed by atoms with E-state index in [-0.39, 0.29) is 18.1 Å². The van der Waals surface area contributed by atoms with Gasteiger partial charge in [0.25, 0.3) is 0 Å². The molecule has 0 N–H and O–H groups in total. The molecule has 1 fully saturated rings. The highest BCUT2D eigenvalue weighted by Gasteiger charge is 2.34. The maximum atomic E-state index is 12.8. The van der Waals surface area contributed by atoms with E-state index in [1.165, 1.54) is 0 Å². The van der Waals surface area contributed by atoms with Crippen LogP contribution in [0.25, 0.3) is 0 Å². The Bertz CT molecular complexity index is 560. The number of urea groups is 1. The van der Waals surface area contributed by atoms with E-state index in [0.29, 0.717) is 10.9 Å². The van der Waals surface area contributed by atoms with Crippen LogP contribution in [0.4, 0.5) is 10.5 Å². The molecule has 0 radical (unpaired) electrons. The molecule has 2 rings (SSSR count). The van der Waals surface area contributed by atoms with Gasteiger partial charge < -0.3 is 0 Å². The van der Waals surface area contributed by atoms with Crippen LogP contribution in [0, 0.1) is 0 Å². The lowest BCUT2D eigenvalue weighted by atomic mass is 10.3. The fourth-order valence-electron chi connectivity index (χ4n) is 2.06. The van der Waals surface area contributed by atoms with Crippen LogP contribution < -0.4 is 4.90 Å². The van der Waals surface area contributed by atoms with Crippen molar-refractivity contribution in [1.29, 1.82) is 0 Å². The fraction of sp³-hybridized carbons (Fsp3) is 0.467. The van der Waals surface area contributed by atoms with Gasteiger partial charge in [0, 0.05) is 12.1 Å². The van der Waals surface area contributed by atoms with Gasteiger partial charge in [-0.1, -0.05) is 35.5 Å². The summed E-state index contributed by atoms with van der Waals surface area (Å²) in [6.07, 6.45) is 0. The summed E-state index contributed by atoms with van der Waals surface area (Å²) in [6.45, 7) is 8.00. The van der Waals surface area contributed by atoms with Gasteiger partial charge in [0.2, 0.25) is 0 Å². The third-order valence-corrected chi connectivity index (χ3v) is 4.26. The molecule has 0 spiro atoms. The normalized spacial score (nSPS) is 18.2. The zero-order chi connectivity index (χ0) is 15.6. The van der Waals surface area contributed by atoms with Gasteiger partial charge in [0.1, 0.15) is 0 Å². The summed E-state index contributed by atoms with van der Waals surface area (Å²) in [4.78, 5) is 20.8. The SMILES string of the molecule is CC(C)N=C1SCN(c2ccccc2Cl)C(=O)N1C(C)C. The Morgan fingerprint density at radius 1 is 1.24 bits per heavy atom. The van der Waals surface area contributed by atoms with E-state index in [0.717, 1.165) is 10.9 Å². The van der Waals surface area contributed by atoms with Crippen LogP contribution in [0.1, 0.15) is 27.7 Å². The number of amides is 2. The maximum absolute atomic E-state index is 12.8. The van der Waals surface area contributed by atoms with Crippen molar-refractivity contribution in [3.05, 3.63) is 29.3 Å². The maximum Gasteiger partial charge on any atom is 0.331 e. The van der Waals surface area contributed by atoms with Gasteiger partial charge in [-0.2, -0.15) is 0 Å². The number of anilines is 1. The zero-order valence-electron chi connectivity index (χ0n) is 12.7. The Hall–Kier alpha value is -1.20. The first kappa shape index (κ1) is 16.2. The quantitative estimate of drug-likeness (QED) is 0.823. The van der Waals surface area contributed by atoms with Gasteiger partial charge in [-0.05, 0) is 39.8 Å². The number of amidine groups is 1. The van der Waals surface area contributed by atoms with E-state index in [2.05, 4.69) is 4.99 Å². The van der Waals surface area contributed by atoms with Crippen LogP contribution in [-0.2, 0) is 0 Å². The fourth-order valence-corrected chi connectivity index (χ4v) is 3.51. The molecule has 1 aliphatic heterocycles. The minimum atomic E-state index is -0.0729. The summed E-state index contributed by atoms with van der Waals surface area (Å²) in [6, 6.07) is 7.55. The largest absolute Gasteiger partial charge is 0.331 e. The van der Waals surface area contributed by atoms with Gasteiger partial charge in [-0.25, -0.2) is 4.79 Å². The molecule has 1 aliphatic rings. The van der Waals surface area contributed by atoms with Crippen LogP contribution in [0.3, 0.4) is 0 Å². The topological polar surface area (TPSA) is 35.9 Å². The van der Waals surface area contributed by atoms with Gasteiger partial charge in [0.05, 0.1) is 16.6 Å². The molecule has 0 atom stereocenters. The van der Waals surface area contributed by atoms with Crippen molar-refractivity contribution in [2.24, 2.45) is 4.99 Å². The molecule has 0 unspecified atom stereocenters. The number of benzene rings is 1. The van der Waals surface area contributed by atoms with Crippen LogP contribution in [-0.4, -0.2) is 34.1 Å². The lowest BCUT2D eigenvalue weighted by Crippen LogP contribution is -2.53. The third-order valence-electron chi connectivity index (χ3n) is 2.99. The Kier molecular flexibility index (Phi) is 5.17. The van der Waals surface area contributed by atoms with Crippen LogP contribution in [0.5, 0.6) is 0 Å². The van der Waals surface area contributed by atoms with Crippen LogP contribution in [0.15, 0.2) is 29.3 Å². The average molecular weight is 326 g/mol. The standard InChI is InChI=1S/C15H20ClN3OS/c1-10(2)17-14-19(11(3)4)15(20)18(9-21-14)13-8-6-5-7-12(13)16/h5-8,10-11H,9H2,1-4H3. The Labute approximate surface area is 135 Å². The number of hydrogen-bond donors (Lipinski definition) is 0. The molecule has 21 heavy (non-hydrogen) atoms. The molecular weight excluding hydrogens is 306 g/mol. The number of aliphatic imine (C=N–C) groups is 1. The van der Waals surface area contributed by atoms with Gasteiger partial charge in [-0.3, -0.25) is 14.8 Å². The first-order chi connectivity index (χ1) is 9.91. The summed E-state index contributed by atoms with van der Waals surface area (Å²) in [5.74, 6) is 0.525. The van der Waals surface area contributed by atoms with Crippen LogP contribution >= 0.6 is 23.4 Å². The first-order valence-corrected chi connectivity index (χ1v) is 8.34. The highest BCUT2D eigenvalue weighted by Crippen LogP contribution is 2.32. The Balaban J connectivity index is 2.35. The monoisotopic (exact) mass is 325 g/mol. The number of rotatable bonds is 3. The lowest BCUT2D eigenvalue weighted by Gasteiger charge is -2.38. The van der Waals surface area contributed by atoms with Crippen molar-refractivity contribution in [3.8, 4) is 0 Å². The van der Waals surface area contributed by atoms with Crippen molar-refractivity contribution < 1.29 is 4.79 Å². The lowest BCUT2D eigenvalue weighted by molar-refractivity contribution is 0.220. The second-order valence-electron chi connectivity index (χ2n) is 5.40. The molecule has 1 saturated heterocycles. The molecule has 0 bridgehead atoms. The smallest absolute Gasteiger partial charge is 0.282 e. The van der Waals surface area contributed by atoms with E-state index >= 15 is 0 Å². The van der Waals surface area contributed by atoms with E-state index in [4.69, 9.17) is 11.6 Å². The second kappa shape index (κ2) is 6.71. The van der Waals surface area contributed by atoms with E-state index in [1.807, 2.05) is 45.9 Å². The summed E-state index contributed by atoms with van der Waals surface area (Å²) >= 11 is 7.78. The van der Waals surface area contributed by atoms with Crippen molar-refractivity contribution in [2.75, 3.05) is 10.8 Å². The first-order valence-electron chi connectivity index (χ1n) is 6.97. The number of nitrogens with zero attached hydrogens (tertiary/aromatic N) is 3. The number of halogens is 1. The van der Waals surface area contributed by atoms with E-state index in [9.17, 15) is 4.79 Å². The molecule has 114 valence electrons. The molecule has 4 nitrogen and oxygen atoms in total. The molecular formula is C15H20ClN3OS. The molecule has 1 aromatic rings. The minimum Gasteiger partial charge on any atom is -0.282 e.